The number of morpholine rings is 1. The van der Waals surface area contributed by atoms with Gasteiger partial charge in [-0.2, -0.15) is 0 Å². The maximum Gasteiger partial charge on any atom is 0.0620 e. The van der Waals surface area contributed by atoms with E-state index in [9.17, 15) is 5.11 Å². The summed E-state index contributed by atoms with van der Waals surface area (Å²) in [5.74, 6) is 0. The highest BCUT2D eigenvalue weighted by molar-refractivity contribution is 4.77. The largest absolute Gasteiger partial charge is 0.393 e. The van der Waals surface area contributed by atoms with E-state index in [1.165, 1.54) is 0 Å². The van der Waals surface area contributed by atoms with Gasteiger partial charge in [0.15, 0.2) is 0 Å². The van der Waals surface area contributed by atoms with E-state index >= 15 is 0 Å². The van der Waals surface area contributed by atoms with Gasteiger partial charge >= 0.3 is 0 Å². The fourth-order valence-electron chi connectivity index (χ4n) is 2.33. The number of aliphatic hydroxyl groups is 1. The molecule has 4 atom stereocenters. The molecular weight excluding hydrogens is 204 g/mol. The summed E-state index contributed by atoms with van der Waals surface area (Å²) in [6.07, 6.45) is 1.65. The highest BCUT2D eigenvalue weighted by atomic mass is 16.5. The van der Waals surface area contributed by atoms with Gasteiger partial charge in [0.1, 0.15) is 0 Å². The molecule has 4 nitrogen and oxygen atoms in total. The van der Waals surface area contributed by atoms with Crippen LogP contribution >= 0.6 is 0 Å². The Balaban J connectivity index is 2.15. The highest BCUT2D eigenvalue weighted by Gasteiger charge is 2.17. The van der Waals surface area contributed by atoms with E-state index in [1.807, 2.05) is 6.92 Å². The summed E-state index contributed by atoms with van der Waals surface area (Å²) in [4.78, 5) is 0. The van der Waals surface area contributed by atoms with Gasteiger partial charge in [0.05, 0.1) is 19.3 Å². The van der Waals surface area contributed by atoms with Crippen molar-refractivity contribution in [3.8, 4) is 0 Å². The molecule has 1 aliphatic heterocycles. The van der Waals surface area contributed by atoms with Gasteiger partial charge in [-0.3, -0.25) is 0 Å². The zero-order chi connectivity index (χ0) is 12.0. The van der Waals surface area contributed by atoms with Gasteiger partial charge in [-0.15, -0.1) is 0 Å². The van der Waals surface area contributed by atoms with E-state index in [2.05, 4.69) is 24.5 Å². The molecule has 0 spiro atoms. The zero-order valence-corrected chi connectivity index (χ0v) is 10.7. The van der Waals surface area contributed by atoms with Crippen LogP contribution in [-0.4, -0.2) is 49.1 Å². The highest BCUT2D eigenvalue weighted by Crippen LogP contribution is 2.05. The summed E-state index contributed by atoms with van der Waals surface area (Å²) in [7, 11) is 0. The molecule has 96 valence electrons. The molecule has 1 heterocycles. The van der Waals surface area contributed by atoms with Gasteiger partial charge in [0.2, 0.25) is 0 Å². The van der Waals surface area contributed by atoms with Crippen molar-refractivity contribution in [3.63, 3.8) is 0 Å². The van der Waals surface area contributed by atoms with Crippen LogP contribution in [0.2, 0.25) is 0 Å². The Morgan fingerprint density at radius 3 is 2.69 bits per heavy atom. The Bertz CT molecular complexity index is 182. The van der Waals surface area contributed by atoms with Crippen LogP contribution in [-0.2, 0) is 4.74 Å². The lowest BCUT2D eigenvalue weighted by Gasteiger charge is -2.28. The van der Waals surface area contributed by atoms with E-state index < -0.39 is 0 Å². The summed E-state index contributed by atoms with van der Waals surface area (Å²) < 4.78 is 5.42. The SMILES string of the molecule is CC(O)CC(C)NC(C)CC1COCCN1. The van der Waals surface area contributed by atoms with Gasteiger partial charge in [0.25, 0.3) is 0 Å². The molecule has 0 bridgehead atoms. The van der Waals surface area contributed by atoms with E-state index in [0.29, 0.717) is 18.1 Å². The molecule has 3 N–H and O–H groups in total. The standard InChI is InChI=1S/C12H26N2O2/c1-9(6-11(3)15)14-10(2)7-12-8-16-5-4-13-12/h9-15H,4-8H2,1-3H3. The van der Waals surface area contributed by atoms with Crippen LogP contribution < -0.4 is 10.6 Å². The topological polar surface area (TPSA) is 53.5 Å². The van der Waals surface area contributed by atoms with Crippen LogP contribution in [0.15, 0.2) is 0 Å². The van der Waals surface area contributed by atoms with Crippen molar-refractivity contribution in [1.29, 1.82) is 0 Å². The average Bonchev–Trinajstić information content (AvgIpc) is 2.17. The number of hydrogen-bond acceptors (Lipinski definition) is 4. The number of aliphatic hydroxyl groups excluding tert-OH is 1. The monoisotopic (exact) mass is 230 g/mol. The zero-order valence-electron chi connectivity index (χ0n) is 10.7. The predicted octanol–water partition coefficient (Wildman–Crippen LogP) is 0.502. The second-order valence-corrected chi connectivity index (χ2v) is 5.02. The summed E-state index contributed by atoms with van der Waals surface area (Å²) >= 11 is 0. The molecule has 4 unspecified atom stereocenters. The molecule has 0 aromatic rings. The van der Waals surface area contributed by atoms with Crippen molar-refractivity contribution in [2.24, 2.45) is 0 Å². The van der Waals surface area contributed by atoms with Crippen LogP contribution in [0.3, 0.4) is 0 Å². The maximum absolute atomic E-state index is 9.28. The first-order valence-electron chi connectivity index (χ1n) is 6.33. The third kappa shape index (κ3) is 5.80. The van der Waals surface area contributed by atoms with Crippen LogP contribution in [0.5, 0.6) is 0 Å². The second-order valence-electron chi connectivity index (χ2n) is 5.02. The molecule has 4 heteroatoms. The molecule has 1 saturated heterocycles. The maximum atomic E-state index is 9.28. The number of hydrogen-bond donors (Lipinski definition) is 3. The molecular formula is C12H26N2O2. The van der Waals surface area contributed by atoms with Gasteiger partial charge in [-0.25, -0.2) is 0 Å². The Hall–Kier alpha value is -0.160. The molecule has 16 heavy (non-hydrogen) atoms. The van der Waals surface area contributed by atoms with E-state index in [1.54, 1.807) is 0 Å². The quantitative estimate of drug-likeness (QED) is 0.622. The van der Waals surface area contributed by atoms with E-state index in [0.717, 1.165) is 32.6 Å². The minimum atomic E-state index is -0.231. The van der Waals surface area contributed by atoms with Gasteiger partial charge < -0.3 is 20.5 Å². The molecule has 0 aromatic heterocycles. The summed E-state index contributed by atoms with van der Waals surface area (Å²) in [5, 5.41) is 16.2. The first kappa shape index (κ1) is 13.9. The van der Waals surface area contributed by atoms with Crippen molar-refractivity contribution >= 4 is 0 Å². The normalized spacial score (nSPS) is 27.4. The van der Waals surface area contributed by atoms with Gasteiger partial charge in [-0.05, 0) is 33.6 Å². The Labute approximate surface area is 98.8 Å². The molecule has 0 aliphatic carbocycles. The van der Waals surface area contributed by atoms with Crippen molar-refractivity contribution in [2.75, 3.05) is 19.8 Å². The summed E-state index contributed by atoms with van der Waals surface area (Å²) in [6.45, 7) is 8.75. The van der Waals surface area contributed by atoms with Crippen LogP contribution in [0.4, 0.5) is 0 Å². The molecule has 1 aliphatic rings. The molecule has 0 saturated carbocycles. The lowest BCUT2D eigenvalue weighted by atomic mass is 10.1. The lowest BCUT2D eigenvalue weighted by Crippen LogP contribution is -2.46. The molecule has 0 radical (unpaired) electrons. The fourth-order valence-corrected chi connectivity index (χ4v) is 2.33. The Morgan fingerprint density at radius 2 is 2.12 bits per heavy atom. The van der Waals surface area contributed by atoms with Crippen molar-refractivity contribution in [3.05, 3.63) is 0 Å². The van der Waals surface area contributed by atoms with Crippen LogP contribution in [0.25, 0.3) is 0 Å². The van der Waals surface area contributed by atoms with Crippen LogP contribution in [0.1, 0.15) is 33.6 Å². The molecule has 1 rings (SSSR count). The van der Waals surface area contributed by atoms with Crippen molar-refractivity contribution < 1.29 is 9.84 Å². The summed E-state index contributed by atoms with van der Waals surface area (Å²) in [5.41, 5.74) is 0. The van der Waals surface area contributed by atoms with Crippen LogP contribution in [0, 0.1) is 0 Å². The third-order valence-electron chi connectivity index (χ3n) is 2.90. The smallest absolute Gasteiger partial charge is 0.0620 e. The minimum absolute atomic E-state index is 0.231. The van der Waals surface area contributed by atoms with E-state index in [4.69, 9.17) is 4.74 Å². The average molecular weight is 230 g/mol. The lowest BCUT2D eigenvalue weighted by molar-refractivity contribution is 0.0704. The minimum Gasteiger partial charge on any atom is -0.393 e. The van der Waals surface area contributed by atoms with E-state index in [-0.39, 0.29) is 6.10 Å². The van der Waals surface area contributed by atoms with Crippen molar-refractivity contribution in [1.82, 2.24) is 10.6 Å². The summed E-state index contributed by atoms with van der Waals surface area (Å²) in [6, 6.07) is 1.28. The fraction of sp³-hybridized carbons (Fsp3) is 1.00. The number of rotatable bonds is 6. The van der Waals surface area contributed by atoms with Gasteiger partial charge in [-0.1, -0.05) is 0 Å². The Kier molecular flexibility index (Phi) is 6.28. The first-order chi connectivity index (χ1) is 7.58. The number of ether oxygens (including phenoxy) is 1. The van der Waals surface area contributed by atoms with Gasteiger partial charge in [0, 0.05) is 24.7 Å². The molecule has 1 fully saturated rings. The first-order valence-corrected chi connectivity index (χ1v) is 6.33. The Morgan fingerprint density at radius 1 is 1.38 bits per heavy atom. The number of nitrogens with one attached hydrogen (secondary N) is 2. The molecule has 0 aromatic carbocycles. The predicted molar refractivity (Wildman–Crippen MR) is 65.6 cm³/mol. The molecule has 0 amide bonds. The second kappa shape index (κ2) is 7.22. The third-order valence-corrected chi connectivity index (χ3v) is 2.90. The van der Waals surface area contributed by atoms with Crippen molar-refractivity contribution in [2.45, 2.75) is 57.8 Å².